The van der Waals surface area contributed by atoms with Crippen LogP contribution in [0.2, 0.25) is 0 Å². The molecule has 3 aliphatic heterocycles. The lowest BCUT2D eigenvalue weighted by Gasteiger charge is -2.36. The first-order valence-corrected chi connectivity index (χ1v) is 12.9. The van der Waals surface area contributed by atoms with Crippen LogP contribution in [0.3, 0.4) is 0 Å². The second kappa shape index (κ2) is 9.33. The van der Waals surface area contributed by atoms with Crippen molar-refractivity contribution in [3.05, 3.63) is 21.9 Å². The van der Waals surface area contributed by atoms with E-state index in [1.54, 1.807) is 4.90 Å². The first-order valence-electron chi connectivity index (χ1n) is 12.1. The molecule has 11 heteroatoms. The number of carbonyl (C=O) groups is 1. The van der Waals surface area contributed by atoms with E-state index < -0.39 is 17.7 Å². The van der Waals surface area contributed by atoms with Gasteiger partial charge in [0.15, 0.2) is 5.82 Å². The van der Waals surface area contributed by atoms with E-state index in [4.69, 9.17) is 19.2 Å². The Labute approximate surface area is 211 Å². The Hall–Kier alpha value is -2.24. The van der Waals surface area contributed by atoms with Gasteiger partial charge in [0.2, 0.25) is 5.79 Å². The molecule has 2 aromatic rings. The largest absolute Gasteiger partial charge is 0.460 e. The van der Waals surface area contributed by atoms with Crippen molar-refractivity contribution in [2.75, 3.05) is 31.2 Å². The van der Waals surface area contributed by atoms with Gasteiger partial charge < -0.3 is 29.1 Å². The SMILES string of the molecule is CCc1cc2c(N3CC4CC3CN4C(=O)OC(C)(C)O)nc(OC3CCOCC3)nc2c(F)c1Br. The summed E-state index contributed by atoms with van der Waals surface area (Å²) < 4.78 is 32.5. The van der Waals surface area contributed by atoms with Gasteiger partial charge in [0, 0.05) is 45.2 Å². The normalized spacial score (nSPS) is 22.8. The Morgan fingerprint density at radius 3 is 2.66 bits per heavy atom. The van der Waals surface area contributed by atoms with Crippen molar-refractivity contribution < 1.29 is 28.5 Å². The van der Waals surface area contributed by atoms with E-state index in [-0.39, 0.29) is 29.7 Å². The molecular weight excluding hydrogens is 523 g/mol. The topological polar surface area (TPSA) is 97.3 Å². The summed E-state index contributed by atoms with van der Waals surface area (Å²) in [7, 11) is 0. The van der Waals surface area contributed by atoms with Crippen LogP contribution in [-0.2, 0) is 15.9 Å². The summed E-state index contributed by atoms with van der Waals surface area (Å²) in [6.45, 7) is 6.99. The third-order valence-electron chi connectivity index (χ3n) is 6.81. The number of aliphatic hydroxyl groups is 1. The van der Waals surface area contributed by atoms with E-state index in [1.807, 2.05) is 13.0 Å². The molecule has 2 bridgehead atoms. The van der Waals surface area contributed by atoms with Gasteiger partial charge in [-0.3, -0.25) is 0 Å². The zero-order valence-electron chi connectivity index (χ0n) is 20.1. The number of likely N-dealkylation sites (tertiary alicyclic amines) is 1. The zero-order valence-corrected chi connectivity index (χ0v) is 21.7. The van der Waals surface area contributed by atoms with Gasteiger partial charge in [0.1, 0.15) is 17.4 Å². The number of anilines is 1. The number of hydrogen-bond acceptors (Lipinski definition) is 8. The number of fused-ring (bicyclic) bond motifs is 3. The Bertz CT molecular complexity index is 1140. The van der Waals surface area contributed by atoms with Crippen LogP contribution in [0.1, 0.15) is 45.6 Å². The van der Waals surface area contributed by atoms with Crippen LogP contribution in [0.15, 0.2) is 10.5 Å². The van der Waals surface area contributed by atoms with Crippen LogP contribution in [0.5, 0.6) is 6.01 Å². The van der Waals surface area contributed by atoms with Crippen LogP contribution in [0.25, 0.3) is 10.9 Å². The first-order chi connectivity index (χ1) is 16.6. The van der Waals surface area contributed by atoms with Crippen molar-refractivity contribution in [3.63, 3.8) is 0 Å². The Balaban J connectivity index is 1.49. The van der Waals surface area contributed by atoms with Gasteiger partial charge in [-0.05, 0) is 40.4 Å². The molecule has 5 rings (SSSR count). The third kappa shape index (κ3) is 4.77. The molecule has 1 amide bonds. The molecule has 1 aromatic heterocycles. The molecule has 0 spiro atoms. The summed E-state index contributed by atoms with van der Waals surface area (Å²) in [5, 5.41) is 10.5. The van der Waals surface area contributed by atoms with Crippen molar-refractivity contribution >= 4 is 38.7 Å². The summed E-state index contributed by atoms with van der Waals surface area (Å²) >= 11 is 3.39. The third-order valence-corrected chi connectivity index (χ3v) is 7.67. The van der Waals surface area contributed by atoms with Gasteiger partial charge in [-0.2, -0.15) is 9.97 Å². The number of amides is 1. The second-order valence-electron chi connectivity index (χ2n) is 9.84. The molecule has 3 fully saturated rings. The molecule has 1 N–H and O–H groups in total. The molecule has 0 saturated carbocycles. The molecule has 190 valence electrons. The molecule has 9 nitrogen and oxygen atoms in total. The average molecular weight is 553 g/mol. The number of hydrogen-bond donors (Lipinski definition) is 1. The number of rotatable bonds is 5. The number of aryl methyl sites for hydroxylation is 1. The van der Waals surface area contributed by atoms with Crippen LogP contribution in [0, 0.1) is 5.82 Å². The number of piperazine rings is 1. The summed E-state index contributed by atoms with van der Waals surface area (Å²) in [5.41, 5.74) is 1.04. The van der Waals surface area contributed by atoms with E-state index in [0.29, 0.717) is 48.4 Å². The maximum atomic E-state index is 15.5. The van der Waals surface area contributed by atoms with Crippen LogP contribution >= 0.6 is 15.9 Å². The van der Waals surface area contributed by atoms with Gasteiger partial charge >= 0.3 is 12.1 Å². The fourth-order valence-electron chi connectivity index (χ4n) is 5.11. The molecule has 2 unspecified atom stereocenters. The smallest absolute Gasteiger partial charge is 0.412 e. The summed E-state index contributed by atoms with van der Waals surface area (Å²) in [4.78, 5) is 25.6. The average Bonchev–Trinajstić information content (AvgIpc) is 3.42. The van der Waals surface area contributed by atoms with Crippen molar-refractivity contribution in [1.82, 2.24) is 14.9 Å². The van der Waals surface area contributed by atoms with Gasteiger partial charge in [-0.15, -0.1) is 0 Å². The molecule has 4 heterocycles. The Morgan fingerprint density at radius 2 is 2.03 bits per heavy atom. The zero-order chi connectivity index (χ0) is 24.9. The molecule has 0 radical (unpaired) electrons. The Morgan fingerprint density at radius 1 is 1.29 bits per heavy atom. The summed E-state index contributed by atoms with van der Waals surface area (Å²) in [6.07, 6.45) is 2.22. The predicted octanol–water partition coefficient (Wildman–Crippen LogP) is 3.78. The minimum absolute atomic E-state index is 0.0137. The van der Waals surface area contributed by atoms with E-state index in [2.05, 4.69) is 25.8 Å². The standard InChI is InChI=1S/C24H30BrFN4O5/c1-4-13-9-17-20(19(26)18(13)25)27-22(34-16-5-7-33-8-6-16)28-21(17)29-11-15-10-14(29)12-30(15)23(31)35-24(2,3)32/h9,14-16,32H,4-8,10-12H2,1-3H3. The number of nitrogens with zero attached hydrogens (tertiary/aromatic N) is 4. The predicted molar refractivity (Wildman–Crippen MR) is 130 cm³/mol. The Kier molecular flexibility index (Phi) is 6.52. The lowest BCUT2D eigenvalue weighted by atomic mass is 10.1. The number of benzene rings is 1. The molecule has 1 aromatic carbocycles. The number of halogens is 2. The quantitative estimate of drug-likeness (QED) is 0.559. The van der Waals surface area contributed by atoms with Crippen molar-refractivity contribution in [1.29, 1.82) is 0 Å². The van der Waals surface area contributed by atoms with Gasteiger partial charge in [0.05, 0.1) is 29.8 Å². The minimum Gasteiger partial charge on any atom is -0.460 e. The van der Waals surface area contributed by atoms with E-state index in [0.717, 1.165) is 24.8 Å². The highest BCUT2D eigenvalue weighted by molar-refractivity contribution is 9.10. The molecule has 0 aliphatic carbocycles. The van der Waals surface area contributed by atoms with Crippen molar-refractivity contribution in [2.45, 2.75) is 70.4 Å². The second-order valence-corrected chi connectivity index (χ2v) is 10.6. The van der Waals surface area contributed by atoms with Crippen LogP contribution in [0.4, 0.5) is 15.0 Å². The molecular formula is C24H30BrFN4O5. The molecule has 2 atom stereocenters. The maximum absolute atomic E-state index is 15.5. The molecule has 35 heavy (non-hydrogen) atoms. The minimum atomic E-state index is -1.54. The van der Waals surface area contributed by atoms with E-state index >= 15 is 4.39 Å². The van der Waals surface area contributed by atoms with Crippen molar-refractivity contribution in [2.24, 2.45) is 0 Å². The fraction of sp³-hybridized carbons (Fsp3) is 0.625. The van der Waals surface area contributed by atoms with Gasteiger partial charge in [-0.1, -0.05) is 6.92 Å². The maximum Gasteiger partial charge on any atom is 0.412 e. The number of ether oxygens (including phenoxy) is 3. The van der Waals surface area contributed by atoms with Gasteiger partial charge in [0.25, 0.3) is 0 Å². The number of aromatic nitrogens is 2. The van der Waals surface area contributed by atoms with Crippen LogP contribution in [-0.4, -0.2) is 76.3 Å². The molecule has 3 saturated heterocycles. The summed E-state index contributed by atoms with van der Waals surface area (Å²) in [6, 6.07) is 1.98. The van der Waals surface area contributed by atoms with Gasteiger partial charge in [-0.25, -0.2) is 9.18 Å². The highest BCUT2D eigenvalue weighted by atomic mass is 79.9. The monoisotopic (exact) mass is 552 g/mol. The lowest BCUT2D eigenvalue weighted by molar-refractivity contribution is -0.140. The first kappa shape index (κ1) is 24.5. The fourth-order valence-corrected chi connectivity index (χ4v) is 5.70. The van der Waals surface area contributed by atoms with E-state index in [9.17, 15) is 9.90 Å². The van der Waals surface area contributed by atoms with E-state index in [1.165, 1.54) is 13.8 Å². The summed E-state index contributed by atoms with van der Waals surface area (Å²) in [5.74, 6) is -1.36. The molecule has 3 aliphatic rings. The van der Waals surface area contributed by atoms with Crippen molar-refractivity contribution in [3.8, 4) is 6.01 Å². The van der Waals surface area contributed by atoms with Crippen LogP contribution < -0.4 is 9.64 Å². The number of carbonyl (C=O) groups excluding carboxylic acids is 1. The lowest BCUT2D eigenvalue weighted by Crippen LogP contribution is -2.50. The highest BCUT2D eigenvalue weighted by Crippen LogP contribution is 2.40. The highest BCUT2D eigenvalue weighted by Gasteiger charge is 2.47.